The van der Waals surface area contributed by atoms with Gasteiger partial charge in [0.1, 0.15) is 6.54 Å². The standard InChI is InChI=1S/C10H19NO4/c1-5-8(12)10(15,6-9(13)14)7-11(2,3)4/h15H,5-7H2,1-4H3/p+1/t10-/m0/s1. The molecule has 0 unspecified atom stereocenters. The van der Waals surface area contributed by atoms with Crippen molar-refractivity contribution in [2.24, 2.45) is 0 Å². The van der Waals surface area contributed by atoms with Gasteiger partial charge in [0, 0.05) is 6.42 Å². The van der Waals surface area contributed by atoms with Crippen LogP contribution < -0.4 is 0 Å². The fourth-order valence-corrected chi connectivity index (χ4v) is 1.61. The SMILES string of the molecule is CCC(=O)[C@](O)(CC(=O)O)C[N+](C)(C)C. The molecule has 0 aliphatic carbocycles. The van der Waals surface area contributed by atoms with E-state index in [-0.39, 0.29) is 13.0 Å². The van der Waals surface area contributed by atoms with Gasteiger partial charge in [-0.3, -0.25) is 9.59 Å². The summed E-state index contributed by atoms with van der Waals surface area (Å²) in [5.41, 5.74) is -1.75. The fourth-order valence-electron chi connectivity index (χ4n) is 1.61. The first-order valence-corrected chi connectivity index (χ1v) is 4.88. The van der Waals surface area contributed by atoms with Crippen LogP contribution in [-0.4, -0.2) is 59.7 Å². The molecule has 0 radical (unpaired) electrons. The Morgan fingerprint density at radius 2 is 1.73 bits per heavy atom. The lowest BCUT2D eigenvalue weighted by molar-refractivity contribution is -0.875. The van der Waals surface area contributed by atoms with Crippen molar-refractivity contribution in [3.05, 3.63) is 0 Å². The Morgan fingerprint density at radius 3 is 2.00 bits per heavy atom. The summed E-state index contributed by atoms with van der Waals surface area (Å²) in [5.74, 6) is -1.58. The van der Waals surface area contributed by atoms with Crippen molar-refractivity contribution in [2.45, 2.75) is 25.4 Å². The summed E-state index contributed by atoms with van der Waals surface area (Å²) in [4.78, 5) is 22.1. The molecule has 15 heavy (non-hydrogen) atoms. The van der Waals surface area contributed by atoms with E-state index in [4.69, 9.17) is 5.11 Å². The van der Waals surface area contributed by atoms with E-state index in [0.717, 1.165) is 0 Å². The summed E-state index contributed by atoms with van der Waals surface area (Å²) in [6, 6.07) is 0. The van der Waals surface area contributed by atoms with Crippen molar-refractivity contribution >= 4 is 11.8 Å². The lowest BCUT2D eigenvalue weighted by Crippen LogP contribution is -2.54. The van der Waals surface area contributed by atoms with E-state index in [1.807, 2.05) is 0 Å². The minimum absolute atomic E-state index is 0.103. The molecule has 2 N–H and O–H groups in total. The average molecular weight is 218 g/mol. The number of ketones is 1. The Bertz CT molecular complexity index is 257. The minimum atomic E-state index is -1.75. The largest absolute Gasteiger partial charge is 0.481 e. The molecule has 0 saturated heterocycles. The van der Waals surface area contributed by atoms with Crippen molar-refractivity contribution in [2.75, 3.05) is 27.7 Å². The highest BCUT2D eigenvalue weighted by Gasteiger charge is 2.41. The third kappa shape index (κ3) is 4.90. The predicted octanol–water partition coefficient (Wildman–Crippen LogP) is -0.122. The Hall–Kier alpha value is -0.940. The molecule has 0 fully saturated rings. The molecule has 0 aliphatic heterocycles. The lowest BCUT2D eigenvalue weighted by atomic mass is 9.91. The number of carboxylic acid groups (broad SMARTS) is 1. The van der Waals surface area contributed by atoms with Crippen LogP contribution in [0.15, 0.2) is 0 Å². The second kappa shape index (κ2) is 4.72. The van der Waals surface area contributed by atoms with Gasteiger partial charge in [-0.25, -0.2) is 0 Å². The quantitative estimate of drug-likeness (QED) is 0.609. The average Bonchev–Trinajstić information content (AvgIpc) is 1.97. The van der Waals surface area contributed by atoms with Gasteiger partial charge < -0.3 is 14.7 Å². The molecule has 0 aliphatic rings. The highest BCUT2D eigenvalue weighted by molar-refractivity contribution is 5.90. The van der Waals surface area contributed by atoms with E-state index in [9.17, 15) is 14.7 Å². The van der Waals surface area contributed by atoms with Crippen LogP contribution in [0.2, 0.25) is 0 Å². The lowest BCUT2D eigenvalue weighted by Gasteiger charge is -2.33. The number of Topliss-reactive ketones (excluding diaryl/α,β-unsaturated/α-hetero) is 1. The molecule has 5 heteroatoms. The molecule has 0 spiro atoms. The summed E-state index contributed by atoms with van der Waals surface area (Å²) in [6.45, 7) is 1.72. The summed E-state index contributed by atoms with van der Waals surface area (Å²) in [5, 5.41) is 18.7. The van der Waals surface area contributed by atoms with Gasteiger partial charge in [-0.1, -0.05) is 6.92 Å². The number of carbonyl (C=O) groups excluding carboxylic acids is 1. The van der Waals surface area contributed by atoms with E-state index in [0.29, 0.717) is 4.48 Å². The fraction of sp³-hybridized carbons (Fsp3) is 0.800. The van der Waals surface area contributed by atoms with Gasteiger partial charge in [0.15, 0.2) is 11.4 Å². The second-order valence-electron chi connectivity index (χ2n) is 4.83. The van der Waals surface area contributed by atoms with Gasteiger partial charge in [-0.15, -0.1) is 0 Å². The van der Waals surface area contributed by atoms with E-state index < -0.39 is 23.8 Å². The van der Waals surface area contributed by atoms with Gasteiger partial charge in [-0.05, 0) is 0 Å². The van der Waals surface area contributed by atoms with Gasteiger partial charge in [0.2, 0.25) is 0 Å². The number of quaternary nitrogens is 1. The van der Waals surface area contributed by atoms with Crippen LogP contribution in [0, 0.1) is 0 Å². The number of rotatable bonds is 6. The van der Waals surface area contributed by atoms with Gasteiger partial charge in [-0.2, -0.15) is 0 Å². The van der Waals surface area contributed by atoms with Crippen molar-refractivity contribution in [3.8, 4) is 0 Å². The van der Waals surface area contributed by atoms with Crippen molar-refractivity contribution in [1.29, 1.82) is 0 Å². The zero-order valence-electron chi connectivity index (χ0n) is 9.78. The van der Waals surface area contributed by atoms with Crippen LogP contribution in [-0.2, 0) is 9.59 Å². The van der Waals surface area contributed by atoms with Gasteiger partial charge in [0.05, 0.1) is 27.6 Å². The van der Waals surface area contributed by atoms with Crippen LogP contribution in [0.1, 0.15) is 19.8 Å². The molecule has 0 aromatic rings. The van der Waals surface area contributed by atoms with E-state index in [2.05, 4.69) is 0 Å². The van der Waals surface area contributed by atoms with E-state index >= 15 is 0 Å². The number of hydrogen-bond acceptors (Lipinski definition) is 3. The monoisotopic (exact) mass is 218 g/mol. The Balaban J connectivity index is 4.86. The molecular weight excluding hydrogens is 198 g/mol. The zero-order chi connectivity index (χ0) is 12.3. The molecule has 0 heterocycles. The number of nitrogens with zero attached hydrogens (tertiary/aromatic N) is 1. The Morgan fingerprint density at radius 1 is 1.27 bits per heavy atom. The molecule has 0 amide bonds. The summed E-state index contributed by atoms with van der Waals surface area (Å²) < 4.78 is 0.343. The molecule has 0 aromatic heterocycles. The molecule has 0 saturated carbocycles. The maximum Gasteiger partial charge on any atom is 0.306 e. The third-order valence-electron chi connectivity index (χ3n) is 2.02. The van der Waals surface area contributed by atoms with Crippen LogP contribution in [0.25, 0.3) is 0 Å². The minimum Gasteiger partial charge on any atom is -0.481 e. The smallest absolute Gasteiger partial charge is 0.306 e. The Kier molecular flexibility index (Phi) is 4.42. The molecule has 1 atom stereocenters. The number of likely N-dealkylation sites (N-methyl/N-ethyl adjacent to an activating group) is 1. The predicted molar refractivity (Wildman–Crippen MR) is 55.4 cm³/mol. The van der Waals surface area contributed by atoms with Crippen molar-refractivity contribution < 1.29 is 24.3 Å². The maximum atomic E-state index is 11.5. The molecule has 0 aromatic carbocycles. The number of hydrogen-bond donors (Lipinski definition) is 2. The number of carboxylic acids is 1. The first-order chi connectivity index (χ1) is 6.60. The highest BCUT2D eigenvalue weighted by atomic mass is 16.4. The third-order valence-corrected chi connectivity index (χ3v) is 2.02. The molecule has 0 bridgehead atoms. The van der Waals surface area contributed by atoms with Crippen molar-refractivity contribution in [1.82, 2.24) is 0 Å². The van der Waals surface area contributed by atoms with Crippen molar-refractivity contribution in [3.63, 3.8) is 0 Å². The Labute approximate surface area is 89.9 Å². The topological polar surface area (TPSA) is 74.6 Å². The van der Waals surface area contributed by atoms with Crippen LogP contribution >= 0.6 is 0 Å². The first-order valence-electron chi connectivity index (χ1n) is 4.88. The molecular formula is C10H20NO4+. The summed E-state index contributed by atoms with van der Waals surface area (Å²) in [7, 11) is 5.40. The van der Waals surface area contributed by atoms with E-state index in [1.165, 1.54) is 0 Å². The van der Waals surface area contributed by atoms with Crippen LogP contribution in [0.5, 0.6) is 0 Å². The number of carbonyl (C=O) groups is 2. The zero-order valence-corrected chi connectivity index (χ0v) is 9.78. The maximum absolute atomic E-state index is 11.5. The normalized spacial score (nSPS) is 15.8. The first kappa shape index (κ1) is 14.1. The number of aliphatic hydroxyl groups is 1. The summed E-state index contributed by atoms with van der Waals surface area (Å²) in [6.07, 6.45) is -0.390. The van der Waals surface area contributed by atoms with Gasteiger partial charge >= 0.3 is 5.97 Å². The van der Waals surface area contributed by atoms with Gasteiger partial charge in [0.25, 0.3) is 0 Å². The van der Waals surface area contributed by atoms with E-state index in [1.54, 1.807) is 28.1 Å². The van der Waals surface area contributed by atoms with Crippen LogP contribution in [0.4, 0.5) is 0 Å². The molecule has 5 nitrogen and oxygen atoms in total. The molecule has 88 valence electrons. The molecule has 0 rings (SSSR count). The summed E-state index contributed by atoms with van der Waals surface area (Å²) >= 11 is 0. The second-order valence-corrected chi connectivity index (χ2v) is 4.83. The number of aliphatic carboxylic acids is 1. The highest BCUT2D eigenvalue weighted by Crippen LogP contribution is 2.17. The van der Waals surface area contributed by atoms with Crippen LogP contribution in [0.3, 0.4) is 0 Å².